The first-order valence-electron chi connectivity index (χ1n) is 6.84. The molecule has 0 fully saturated rings. The van der Waals surface area contributed by atoms with Crippen LogP contribution in [0.2, 0.25) is 0 Å². The lowest BCUT2D eigenvalue weighted by atomic mass is 10.1. The maximum atomic E-state index is 3.62. The molecule has 1 atom stereocenters. The lowest BCUT2D eigenvalue weighted by molar-refractivity contribution is 0.886. The molecule has 3 aromatic rings. The Bertz CT molecular complexity index is 766. The van der Waals surface area contributed by atoms with Gasteiger partial charge in [0, 0.05) is 26.1 Å². The number of fused-ring (bicyclic) bond motifs is 1. The summed E-state index contributed by atoms with van der Waals surface area (Å²) in [5.74, 6) is 0. The fourth-order valence-electron chi connectivity index (χ4n) is 2.46. The number of hydrogen-bond donors (Lipinski definition) is 1. The van der Waals surface area contributed by atoms with E-state index < -0.39 is 0 Å². The first-order valence-corrected chi connectivity index (χ1v) is 8.43. The molecule has 1 N–H and O–H groups in total. The Morgan fingerprint density at radius 3 is 2.19 bits per heavy atom. The molecular weight excluding hydrogens is 390 g/mol. The zero-order chi connectivity index (χ0) is 14.8. The summed E-state index contributed by atoms with van der Waals surface area (Å²) in [4.78, 5) is 0. The molecule has 0 radical (unpaired) electrons. The fraction of sp³-hybridized carbons (Fsp3) is 0.111. The van der Waals surface area contributed by atoms with E-state index >= 15 is 0 Å². The van der Waals surface area contributed by atoms with Crippen LogP contribution in [0.15, 0.2) is 69.6 Å². The second-order valence-electron chi connectivity index (χ2n) is 5.06. The molecule has 0 bridgehead atoms. The summed E-state index contributed by atoms with van der Waals surface area (Å²) < 4.78 is 2.23. The van der Waals surface area contributed by atoms with Crippen LogP contribution in [0.1, 0.15) is 18.5 Å². The number of nitrogens with one attached hydrogen (secondary N) is 1. The van der Waals surface area contributed by atoms with Crippen molar-refractivity contribution in [2.75, 3.05) is 5.32 Å². The van der Waals surface area contributed by atoms with Gasteiger partial charge in [-0.05, 0) is 42.1 Å². The third-order valence-electron chi connectivity index (χ3n) is 3.61. The van der Waals surface area contributed by atoms with Gasteiger partial charge in [0.05, 0.1) is 0 Å². The zero-order valence-corrected chi connectivity index (χ0v) is 14.8. The highest BCUT2D eigenvalue weighted by Crippen LogP contribution is 2.32. The largest absolute Gasteiger partial charge is 0.378 e. The Balaban J connectivity index is 1.95. The first-order chi connectivity index (χ1) is 10.1. The highest BCUT2D eigenvalue weighted by molar-refractivity contribution is 9.11. The van der Waals surface area contributed by atoms with E-state index in [9.17, 15) is 0 Å². The van der Waals surface area contributed by atoms with Crippen molar-refractivity contribution in [3.63, 3.8) is 0 Å². The van der Waals surface area contributed by atoms with Gasteiger partial charge in [0.2, 0.25) is 0 Å². The van der Waals surface area contributed by atoms with Crippen LogP contribution in [0.25, 0.3) is 10.8 Å². The third-order valence-corrected chi connectivity index (χ3v) is 4.83. The number of hydrogen-bond acceptors (Lipinski definition) is 1. The molecule has 0 aliphatic heterocycles. The Morgan fingerprint density at radius 1 is 0.810 bits per heavy atom. The third kappa shape index (κ3) is 3.14. The number of halogens is 2. The van der Waals surface area contributed by atoms with Gasteiger partial charge in [0.1, 0.15) is 0 Å². The molecule has 3 heteroatoms. The molecule has 0 spiro atoms. The number of anilines is 1. The lowest BCUT2D eigenvalue weighted by Crippen LogP contribution is -2.06. The molecule has 21 heavy (non-hydrogen) atoms. The maximum absolute atomic E-state index is 3.62. The minimum Gasteiger partial charge on any atom is -0.378 e. The lowest BCUT2D eigenvalue weighted by Gasteiger charge is -2.18. The molecule has 0 aliphatic carbocycles. The SMILES string of the molecule is CC(Nc1ccc(Br)c2ccccc12)c1ccc(Br)cc1. The summed E-state index contributed by atoms with van der Waals surface area (Å²) >= 11 is 7.09. The average Bonchev–Trinajstić information content (AvgIpc) is 2.51. The Kier molecular flexibility index (Phi) is 4.32. The molecule has 0 saturated carbocycles. The van der Waals surface area contributed by atoms with Gasteiger partial charge in [0.15, 0.2) is 0 Å². The second-order valence-corrected chi connectivity index (χ2v) is 6.83. The van der Waals surface area contributed by atoms with Crippen LogP contribution in [0.5, 0.6) is 0 Å². The maximum Gasteiger partial charge on any atom is 0.0485 e. The monoisotopic (exact) mass is 403 g/mol. The highest BCUT2D eigenvalue weighted by atomic mass is 79.9. The molecule has 0 aliphatic rings. The van der Waals surface area contributed by atoms with Gasteiger partial charge < -0.3 is 5.32 Å². The summed E-state index contributed by atoms with van der Waals surface area (Å²) in [5.41, 5.74) is 2.43. The van der Waals surface area contributed by atoms with Gasteiger partial charge in [0.25, 0.3) is 0 Å². The molecule has 3 rings (SSSR count). The van der Waals surface area contributed by atoms with Crippen molar-refractivity contribution in [3.8, 4) is 0 Å². The standard InChI is InChI=1S/C18H15Br2N/c1-12(13-6-8-14(19)9-7-13)21-18-11-10-17(20)15-4-2-3-5-16(15)18/h2-12,21H,1H3. The van der Waals surface area contributed by atoms with Crippen molar-refractivity contribution in [3.05, 3.63) is 75.2 Å². The summed E-state index contributed by atoms with van der Waals surface area (Å²) in [6.07, 6.45) is 0. The zero-order valence-electron chi connectivity index (χ0n) is 11.6. The first kappa shape index (κ1) is 14.6. The summed E-state index contributed by atoms with van der Waals surface area (Å²) in [7, 11) is 0. The van der Waals surface area contributed by atoms with Crippen LogP contribution in [-0.4, -0.2) is 0 Å². The normalized spacial score (nSPS) is 12.3. The second kappa shape index (κ2) is 6.20. The fourth-order valence-corrected chi connectivity index (χ4v) is 3.20. The van der Waals surface area contributed by atoms with E-state index in [1.807, 2.05) is 0 Å². The molecule has 3 aromatic carbocycles. The van der Waals surface area contributed by atoms with Crippen molar-refractivity contribution in [2.45, 2.75) is 13.0 Å². The van der Waals surface area contributed by atoms with Crippen molar-refractivity contribution >= 4 is 48.3 Å². The van der Waals surface area contributed by atoms with Crippen LogP contribution in [-0.2, 0) is 0 Å². The predicted molar refractivity (Wildman–Crippen MR) is 97.8 cm³/mol. The molecule has 1 nitrogen and oxygen atoms in total. The van der Waals surface area contributed by atoms with Gasteiger partial charge in [-0.1, -0.05) is 68.3 Å². The smallest absolute Gasteiger partial charge is 0.0485 e. The van der Waals surface area contributed by atoms with Gasteiger partial charge in [-0.25, -0.2) is 0 Å². The van der Waals surface area contributed by atoms with Crippen LogP contribution in [0.4, 0.5) is 5.69 Å². The minimum atomic E-state index is 0.252. The molecular formula is C18H15Br2N. The summed E-state index contributed by atoms with van der Waals surface area (Å²) in [6.45, 7) is 2.18. The Labute approximate surface area is 141 Å². The van der Waals surface area contributed by atoms with Crippen LogP contribution in [0.3, 0.4) is 0 Å². The Morgan fingerprint density at radius 2 is 1.48 bits per heavy atom. The van der Waals surface area contributed by atoms with E-state index in [0.717, 1.165) is 14.6 Å². The van der Waals surface area contributed by atoms with Gasteiger partial charge in [-0.2, -0.15) is 0 Å². The van der Waals surface area contributed by atoms with Crippen LogP contribution >= 0.6 is 31.9 Å². The topological polar surface area (TPSA) is 12.0 Å². The Hall–Kier alpha value is -1.32. The summed E-state index contributed by atoms with van der Waals surface area (Å²) in [6, 6.07) is 21.3. The van der Waals surface area contributed by atoms with E-state index in [1.165, 1.54) is 16.3 Å². The van der Waals surface area contributed by atoms with E-state index in [1.54, 1.807) is 0 Å². The minimum absolute atomic E-state index is 0.252. The van der Waals surface area contributed by atoms with Gasteiger partial charge in [-0.15, -0.1) is 0 Å². The van der Waals surface area contributed by atoms with Crippen molar-refractivity contribution < 1.29 is 0 Å². The molecule has 0 amide bonds. The molecule has 1 unspecified atom stereocenters. The van der Waals surface area contributed by atoms with Crippen molar-refractivity contribution in [1.29, 1.82) is 0 Å². The summed E-state index contributed by atoms with van der Waals surface area (Å²) in [5, 5.41) is 6.07. The van der Waals surface area contributed by atoms with E-state index in [0.29, 0.717) is 0 Å². The molecule has 0 saturated heterocycles. The molecule has 0 heterocycles. The van der Waals surface area contributed by atoms with Crippen LogP contribution in [0, 0.1) is 0 Å². The van der Waals surface area contributed by atoms with Crippen molar-refractivity contribution in [1.82, 2.24) is 0 Å². The number of benzene rings is 3. The predicted octanol–water partition coefficient (Wildman–Crippen LogP) is 6.54. The van der Waals surface area contributed by atoms with Gasteiger partial charge in [-0.3, -0.25) is 0 Å². The highest BCUT2D eigenvalue weighted by Gasteiger charge is 2.08. The number of rotatable bonds is 3. The molecule has 0 aromatic heterocycles. The van der Waals surface area contributed by atoms with Gasteiger partial charge >= 0.3 is 0 Å². The van der Waals surface area contributed by atoms with E-state index in [4.69, 9.17) is 0 Å². The quantitative estimate of drug-likeness (QED) is 0.522. The van der Waals surface area contributed by atoms with Crippen LogP contribution < -0.4 is 5.32 Å². The van der Waals surface area contributed by atoms with E-state index in [-0.39, 0.29) is 6.04 Å². The van der Waals surface area contributed by atoms with Crippen molar-refractivity contribution in [2.24, 2.45) is 0 Å². The molecule has 106 valence electrons. The van der Waals surface area contributed by atoms with E-state index in [2.05, 4.69) is 105 Å². The average molecular weight is 405 g/mol.